The van der Waals surface area contributed by atoms with Gasteiger partial charge in [-0.15, -0.1) is 0 Å². The summed E-state index contributed by atoms with van der Waals surface area (Å²) in [7, 11) is 1.12. The number of anilines is 1. The van der Waals surface area contributed by atoms with Gasteiger partial charge >= 0.3 is 12.1 Å². The van der Waals surface area contributed by atoms with Crippen LogP contribution in [0.2, 0.25) is 0 Å². The highest BCUT2D eigenvalue weighted by Crippen LogP contribution is 2.34. The molecule has 138 valence electrons. The van der Waals surface area contributed by atoms with Crippen molar-refractivity contribution in [3.63, 3.8) is 0 Å². The van der Waals surface area contributed by atoms with Gasteiger partial charge in [-0.2, -0.15) is 0 Å². The van der Waals surface area contributed by atoms with Crippen molar-refractivity contribution in [3.05, 3.63) is 33.6 Å². The molecule has 0 aliphatic heterocycles. The molecular formula is C16H21FN2O6. The van der Waals surface area contributed by atoms with Gasteiger partial charge in [0, 0.05) is 18.2 Å². The lowest BCUT2D eigenvalue weighted by Crippen LogP contribution is -2.37. The molecule has 0 bridgehead atoms. The Morgan fingerprint density at radius 1 is 1.32 bits per heavy atom. The van der Waals surface area contributed by atoms with Crippen LogP contribution in [0, 0.1) is 15.9 Å². The summed E-state index contributed by atoms with van der Waals surface area (Å²) in [6, 6.07) is 1.74. The number of ether oxygens (including phenoxy) is 2. The molecule has 0 aliphatic carbocycles. The molecule has 1 amide bonds. The Morgan fingerprint density at radius 3 is 2.36 bits per heavy atom. The zero-order chi connectivity index (χ0) is 19.4. The monoisotopic (exact) mass is 356 g/mol. The van der Waals surface area contributed by atoms with Gasteiger partial charge in [0.15, 0.2) is 0 Å². The van der Waals surface area contributed by atoms with Crippen molar-refractivity contribution in [1.82, 2.24) is 0 Å². The average molecular weight is 356 g/mol. The normalized spacial score (nSPS) is 11.0. The topological polar surface area (TPSA) is 99.0 Å². The first-order chi connectivity index (χ1) is 11.5. The molecule has 0 spiro atoms. The van der Waals surface area contributed by atoms with E-state index in [9.17, 15) is 24.1 Å². The van der Waals surface area contributed by atoms with E-state index in [0.717, 1.165) is 24.1 Å². The second-order valence-corrected chi connectivity index (χ2v) is 6.17. The molecule has 1 rings (SSSR count). The van der Waals surface area contributed by atoms with Gasteiger partial charge in [0.1, 0.15) is 17.1 Å². The Hall–Kier alpha value is -2.71. The summed E-state index contributed by atoms with van der Waals surface area (Å²) < 4.78 is 23.7. The van der Waals surface area contributed by atoms with Gasteiger partial charge in [-0.25, -0.2) is 9.18 Å². The molecule has 1 aromatic rings. The van der Waals surface area contributed by atoms with Crippen molar-refractivity contribution in [2.75, 3.05) is 18.6 Å². The van der Waals surface area contributed by atoms with Gasteiger partial charge in [0.25, 0.3) is 5.69 Å². The first kappa shape index (κ1) is 20.3. The molecule has 9 heteroatoms. The first-order valence-electron chi connectivity index (χ1n) is 7.54. The van der Waals surface area contributed by atoms with Crippen LogP contribution in [0.1, 0.15) is 33.3 Å². The van der Waals surface area contributed by atoms with Crippen LogP contribution in [0.25, 0.3) is 0 Å². The second-order valence-electron chi connectivity index (χ2n) is 6.17. The lowest BCUT2D eigenvalue weighted by Gasteiger charge is -2.26. The maximum atomic E-state index is 14.0. The van der Waals surface area contributed by atoms with Gasteiger partial charge < -0.3 is 9.47 Å². The number of carbonyl (C=O) groups excluding carboxylic acids is 2. The number of rotatable bonds is 5. The van der Waals surface area contributed by atoms with E-state index in [1.165, 1.54) is 0 Å². The molecule has 25 heavy (non-hydrogen) atoms. The maximum Gasteiger partial charge on any atom is 0.415 e. The maximum absolute atomic E-state index is 14.0. The molecule has 0 heterocycles. The van der Waals surface area contributed by atoms with E-state index >= 15 is 0 Å². The van der Waals surface area contributed by atoms with E-state index in [1.54, 1.807) is 27.7 Å². The van der Waals surface area contributed by atoms with Gasteiger partial charge in [0.05, 0.1) is 18.5 Å². The average Bonchev–Trinajstić information content (AvgIpc) is 2.44. The number of nitro benzene ring substituents is 1. The number of nitro groups is 1. The number of benzene rings is 1. The minimum Gasteiger partial charge on any atom is -0.469 e. The summed E-state index contributed by atoms with van der Waals surface area (Å²) in [6.45, 7) is 6.50. The van der Waals surface area contributed by atoms with Crippen LogP contribution in [0.15, 0.2) is 12.1 Å². The summed E-state index contributed by atoms with van der Waals surface area (Å²) in [4.78, 5) is 35.5. The number of nitrogens with zero attached hydrogens (tertiary/aromatic N) is 2. The van der Waals surface area contributed by atoms with Crippen LogP contribution in [-0.4, -0.2) is 36.2 Å². The molecule has 0 aliphatic rings. The fraction of sp³-hybridized carbons (Fsp3) is 0.500. The lowest BCUT2D eigenvalue weighted by atomic mass is 10.1. The predicted octanol–water partition coefficient (Wildman–Crippen LogP) is 3.21. The first-order valence-corrected chi connectivity index (χ1v) is 7.54. The van der Waals surface area contributed by atoms with Crippen LogP contribution in [0.3, 0.4) is 0 Å². The number of amides is 1. The standard InChI is InChI=1S/C16H21FN2O6/c1-6-18(15(21)25-16(2,3)4)12-9-11(17)7-10(8-13(20)24-5)14(12)19(22)23/h7,9H,6,8H2,1-5H3. The number of halogens is 1. The van der Waals surface area contributed by atoms with E-state index in [1.807, 2.05) is 0 Å². The van der Waals surface area contributed by atoms with E-state index in [-0.39, 0.29) is 17.8 Å². The molecule has 0 N–H and O–H groups in total. The Balaban J connectivity index is 3.47. The molecule has 8 nitrogen and oxygen atoms in total. The Labute approximate surface area is 144 Å². The van der Waals surface area contributed by atoms with Gasteiger partial charge in [0.2, 0.25) is 0 Å². The van der Waals surface area contributed by atoms with Crippen LogP contribution in [0.4, 0.5) is 20.6 Å². The quantitative estimate of drug-likeness (QED) is 0.456. The highest BCUT2D eigenvalue weighted by Gasteiger charge is 2.31. The van der Waals surface area contributed by atoms with E-state index in [4.69, 9.17) is 4.74 Å². The molecule has 0 atom stereocenters. The van der Waals surface area contributed by atoms with Crippen molar-refractivity contribution in [2.24, 2.45) is 0 Å². The van der Waals surface area contributed by atoms with Crippen molar-refractivity contribution in [3.8, 4) is 0 Å². The summed E-state index contributed by atoms with van der Waals surface area (Å²) in [5.41, 5.74) is -1.84. The number of hydrogen-bond acceptors (Lipinski definition) is 6. The SMILES string of the molecule is CCN(C(=O)OC(C)(C)C)c1cc(F)cc(CC(=O)OC)c1[N+](=O)[O-]. The third kappa shape index (κ3) is 5.40. The summed E-state index contributed by atoms with van der Waals surface area (Å²) in [5, 5.41) is 11.5. The van der Waals surface area contributed by atoms with E-state index in [2.05, 4.69) is 4.74 Å². The Bertz CT molecular complexity index is 684. The molecule has 0 unspecified atom stereocenters. The zero-order valence-electron chi connectivity index (χ0n) is 14.8. The number of methoxy groups -OCH3 is 1. The molecule has 1 aromatic carbocycles. The molecule has 0 saturated heterocycles. The van der Waals surface area contributed by atoms with Crippen LogP contribution >= 0.6 is 0 Å². The minimum atomic E-state index is -0.854. The molecule has 0 saturated carbocycles. The van der Waals surface area contributed by atoms with Gasteiger partial charge in [-0.1, -0.05) is 0 Å². The van der Waals surface area contributed by atoms with E-state index < -0.39 is 40.5 Å². The second kappa shape index (κ2) is 7.91. The molecule has 0 radical (unpaired) electrons. The minimum absolute atomic E-state index is 0.0108. The smallest absolute Gasteiger partial charge is 0.415 e. The van der Waals surface area contributed by atoms with Crippen LogP contribution < -0.4 is 4.90 Å². The summed E-state index contributed by atoms with van der Waals surface area (Å²) in [6.07, 6.45) is -1.35. The number of esters is 1. The summed E-state index contributed by atoms with van der Waals surface area (Å²) >= 11 is 0. The Kier molecular flexibility index (Phi) is 6.43. The highest BCUT2D eigenvalue weighted by atomic mass is 19.1. The van der Waals surface area contributed by atoms with Crippen molar-refractivity contribution < 1.29 is 28.4 Å². The highest BCUT2D eigenvalue weighted by molar-refractivity contribution is 5.92. The number of carbonyl (C=O) groups is 2. The molecular weight excluding hydrogens is 335 g/mol. The fourth-order valence-corrected chi connectivity index (χ4v) is 2.13. The van der Waals surface area contributed by atoms with Gasteiger partial charge in [-0.3, -0.25) is 19.8 Å². The van der Waals surface area contributed by atoms with Crippen molar-refractivity contribution in [1.29, 1.82) is 0 Å². The van der Waals surface area contributed by atoms with Gasteiger partial charge in [-0.05, 0) is 33.8 Å². The zero-order valence-corrected chi connectivity index (χ0v) is 14.8. The Morgan fingerprint density at radius 2 is 1.92 bits per heavy atom. The van der Waals surface area contributed by atoms with E-state index in [0.29, 0.717) is 0 Å². The largest absolute Gasteiger partial charge is 0.469 e. The molecule has 0 aromatic heterocycles. The summed E-state index contributed by atoms with van der Waals surface area (Å²) in [5.74, 6) is -1.58. The lowest BCUT2D eigenvalue weighted by molar-refractivity contribution is -0.384. The van der Waals surface area contributed by atoms with Crippen molar-refractivity contribution in [2.45, 2.75) is 39.7 Å². The third-order valence-corrected chi connectivity index (χ3v) is 3.10. The third-order valence-electron chi connectivity index (χ3n) is 3.10. The predicted molar refractivity (Wildman–Crippen MR) is 88.0 cm³/mol. The van der Waals surface area contributed by atoms with Crippen LogP contribution in [0.5, 0.6) is 0 Å². The molecule has 0 fully saturated rings. The van der Waals surface area contributed by atoms with Crippen molar-refractivity contribution >= 4 is 23.4 Å². The fourth-order valence-electron chi connectivity index (χ4n) is 2.13. The van der Waals surface area contributed by atoms with Crippen LogP contribution in [-0.2, 0) is 20.7 Å². The number of hydrogen-bond donors (Lipinski definition) is 0.